The van der Waals surface area contributed by atoms with Crippen molar-refractivity contribution in [1.82, 2.24) is 5.32 Å². The van der Waals surface area contributed by atoms with E-state index in [2.05, 4.69) is 17.2 Å². The van der Waals surface area contributed by atoms with Crippen LogP contribution < -0.4 is 5.32 Å². The Bertz CT molecular complexity index is 692. The monoisotopic (exact) mass is 303 g/mol. The highest BCUT2D eigenvalue weighted by Crippen LogP contribution is 2.20. The zero-order chi connectivity index (χ0) is 15.2. The fourth-order valence-electron chi connectivity index (χ4n) is 1.68. The molecule has 2 rings (SSSR count). The lowest BCUT2D eigenvalue weighted by Gasteiger charge is -2.05. The first kappa shape index (κ1) is 14.9. The van der Waals surface area contributed by atoms with Crippen LogP contribution in [-0.4, -0.2) is 27.8 Å². The Balaban J connectivity index is 1.99. The summed E-state index contributed by atoms with van der Waals surface area (Å²) in [6.45, 7) is 0.129. The predicted octanol–water partition coefficient (Wildman–Crippen LogP) is 1.43. The Morgan fingerprint density at radius 1 is 1.19 bits per heavy atom. The van der Waals surface area contributed by atoms with Crippen molar-refractivity contribution in [2.75, 3.05) is 6.61 Å². The molecule has 1 amide bonds. The van der Waals surface area contributed by atoms with Gasteiger partial charge < -0.3 is 20.6 Å². The zero-order valence-electron chi connectivity index (χ0n) is 11.0. The Kier molecular flexibility index (Phi) is 4.82. The van der Waals surface area contributed by atoms with Crippen molar-refractivity contribution >= 4 is 17.2 Å². The molecule has 0 bridgehead atoms. The largest absolute Gasteiger partial charge is 0.508 e. The molecular weight excluding hydrogens is 290 g/mol. The second-order valence-electron chi connectivity index (χ2n) is 4.18. The van der Waals surface area contributed by atoms with Crippen molar-refractivity contribution in [3.63, 3.8) is 0 Å². The number of phenols is 2. The summed E-state index contributed by atoms with van der Waals surface area (Å²) in [5, 5.41) is 31.8. The van der Waals surface area contributed by atoms with Gasteiger partial charge in [0.1, 0.15) is 18.1 Å². The molecular formula is C15H13NO4S. The molecule has 0 fully saturated rings. The first-order chi connectivity index (χ1) is 10.1. The quantitative estimate of drug-likeness (QED) is 0.646. The van der Waals surface area contributed by atoms with Gasteiger partial charge in [-0.1, -0.05) is 11.8 Å². The van der Waals surface area contributed by atoms with E-state index in [0.717, 1.165) is 16.5 Å². The summed E-state index contributed by atoms with van der Waals surface area (Å²) >= 11 is 1.45. The lowest BCUT2D eigenvalue weighted by molar-refractivity contribution is 0.0950. The molecule has 108 valence electrons. The maximum Gasteiger partial charge on any atom is 0.251 e. The van der Waals surface area contributed by atoms with E-state index >= 15 is 0 Å². The van der Waals surface area contributed by atoms with Crippen LogP contribution in [0.3, 0.4) is 0 Å². The van der Waals surface area contributed by atoms with Gasteiger partial charge in [0.15, 0.2) is 0 Å². The Morgan fingerprint density at radius 2 is 1.90 bits per heavy atom. The average molecular weight is 303 g/mol. The minimum atomic E-state index is -0.391. The van der Waals surface area contributed by atoms with Crippen molar-refractivity contribution < 1.29 is 20.1 Å². The number of thiophene rings is 1. The fraction of sp³-hybridized carbons (Fsp3) is 0.133. The number of amides is 1. The lowest BCUT2D eigenvalue weighted by atomic mass is 10.2. The van der Waals surface area contributed by atoms with Gasteiger partial charge in [-0.05, 0) is 18.2 Å². The van der Waals surface area contributed by atoms with Crippen molar-refractivity contribution in [2.45, 2.75) is 6.54 Å². The van der Waals surface area contributed by atoms with E-state index in [4.69, 9.17) is 5.11 Å². The van der Waals surface area contributed by atoms with Gasteiger partial charge in [0.2, 0.25) is 0 Å². The third kappa shape index (κ3) is 4.24. The average Bonchev–Trinajstić information content (AvgIpc) is 2.89. The maximum atomic E-state index is 11.9. The van der Waals surface area contributed by atoms with Gasteiger partial charge in [-0.15, -0.1) is 11.3 Å². The molecule has 0 unspecified atom stereocenters. The van der Waals surface area contributed by atoms with Gasteiger partial charge in [0, 0.05) is 27.5 Å². The number of aliphatic hydroxyl groups excluding tert-OH is 1. The number of carbonyl (C=O) groups is 1. The summed E-state index contributed by atoms with van der Waals surface area (Å²) in [7, 11) is 0. The predicted molar refractivity (Wildman–Crippen MR) is 79.2 cm³/mol. The highest BCUT2D eigenvalue weighted by atomic mass is 32.1. The molecule has 5 nitrogen and oxygen atoms in total. The molecule has 1 heterocycles. The normalized spacial score (nSPS) is 9.76. The molecule has 1 aromatic carbocycles. The molecule has 0 atom stereocenters. The summed E-state index contributed by atoms with van der Waals surface area (Å²) in [6.07, 6.45) is 0. The molecule has 0 radical (unpaired) electrons. The van der Waals surface area contributed by atoms with Gasteiger partial charge in [-0.25, -0.2) is 0 Å². The van der Waals surface area contributed by atoms with Gasteiger partial charge in [0.25, 0.3) is 5.91 Å². The lowest BCUT2D eigenvalue weighted by Crippen LogP contribution is -2.22. The first-order valence-electron chi connectivity index (χ1n) is 6.07. The number of phenolic OH excluding ortho intramolecular Hbond substituents is 2. The van der Waals surface area contributed by atoms with Crippen LogP contribution in [0.2, 0.25) is 0 Å². The van der Waals surface area contributed by atoms with E-state index in [1.54, 1.807) is 0 Å². The highest BCUT2D eigenvalue weighted by Gasteiger charge is 2.09. The highest BCUT2D eigenvalue weighted by molar-refractivity contribution is 7.10. The smallest absolute Gasteiger partial charge is 0.251 e. The third-order valence-electron chi connectivity index (χ3n) is 2.55. The van der Waals surface area contributed by atoms with Crippen molar-refractivity contribution in [3.05, 3.63) is 45.6 Å². The minimum absolute atomic E-state index is 0.169. The van der Waals surface area contributed by atoms with Crippen LogP contribution in [0.15, 0.2) is 29.6 Å². The molecule has 0 saturated carbocycles. The Hall–Kier alpha value is -2.49. The van der Waals surface area contributed by atoms with E-state index in [1.807, 2.05) is 11.4 Å². The summed E-state index contributed by atoms with van der Waals surface area (Å²) in [6, 6.07) is 5.54. The van der Waals surface area contributed by atoms with Gasteiger partial charge in [0.05, 0.1) is 6.54 Å². The summed E-state index contributed by atoms with van der Waals surface area (Å²) in [4.78, 5) is 12.8. The maximum absolute atomic E-state index is 11.9. The van der Waals surface area contributed by atoms with Gasteiger partial charge in [-0.2, -0.15) is 0 Å². The molecule has 0 aliphatic rings. The van der Waals surface area contributed by atoms with Crippen molar-refractivity contribution in [2.24, 2.45) is 0 Å². The van der Waals surface area contributed by atoms with Crippen molar-refractivity contribution in [3.8, 4) is 23.3 Å². The number of hydrogen-bond donors (Lipinski definition) is 4. The molecule has 0 spiro atoms. The number of carbonyl (C=O) groups excluding carboxylic acids is 1. The van der Waals surface area contributed by atoms with Crippen LogP contribution in [0.1, 0.15) is 20.8 Å². The van der Waals surface area contributed by atoms with E-state index in [-0.39, 0.29) is 23.7 Å². The van der Waals surface area contributed by atoms with E-state index in [9.17, 15) is 15.0 Å². The standard InChI is InChI=1S/C15H13NO4S/c17-3-1-2-10-4-14(21-9-10)8-16-15(20)11-5-12(18)7-13(19)6-11/h4-7,9,17-19H,3,8H2,(H,16,20). The van der Waals surface area contributed by atoms with Crippen LogP contribution >= 0.6 is 11.3 Å². The summed E-state index contributed by atoms with van der Waals surface area (Å²) in [5.74, 6) is 4.60. The molecule has 0 aliphatic heterocycles. The molecule has 0 aliphatic carbocycles. The minimum Gasteiger partial charge on any atom is -0.508 e. The molecule has 21 heavy (non-hydrogen) atoms. The second-order valence-corrected chi connectivity index (χ2v) is 5.18. The third-order valence-corrected chi connectivity index (χ3v) is 3.49. The molecule has 6 heteroatoms. The van der Waals surface area contributed by atoms with E-state index < -0.39 is 5.91 Å². The molecule has 2 aromatic rings. The number of aromatic hydroxyl groups is 2. The summed E-state index contributed by atoms with van der Waals surface area (Å²) in [5.41, 5.74) is 0.970. The van der Waals surface area contributed by atoms with E-state index in [0.29, 0.717) is 6.54 Å². The number of aliphatic hydroxyl groups is 1. The number of benzene rings is 1. The summed E-state index contributed by atoms with van der Waals surface area (Å²) < 4.78 is 0. The molecule has 1 aromatic heterocycles. The SMILES string of the molecule is O=C(NCc1cc(C#CCO)cs1)c1cc(O)cc(O)c1. The Labute approximate surface area is 125 Å². The number of rotatable bonds is 3. The van der Waals surface area contributed by atoms with Gasteiger partial charge in [-0.3, -0.25) is 4.79 Å². The zero-order valence-corrected chi connectivity index (χ0v) is 11.8. The molecule has 4 N–H and O–H groups in total. The van der Waals surface area contributed by atoms with Crippen LogP contribution in [0.4, 0.5) is 0 Å². The van der Waals surface area contributed by atoms with Crippen LogP contribution in [-0.2, 0) is 6.54 Å². The Morgan fingerprint density at radius 3 is 2.57 bits per heavy atom. The van der Waals surface area contributed by atoms with Crippen molar-refractivity contribution in [1.29, 1.82) is 0 Å². The number of nitrogens with one attached hydrogen (secondary N) is 1. The second kappa shape index (κ2) is 6.79. The fourth-order valence-corrected chi connectivity index (χ4v) is 2.43. The topological polar surface area (TPSA) is 89.8 Å². The van der Waals surface area contributed by atoms with Gasteiger partial charge >= 0.3 is 0 Å². The first-order valence-corrected chi connectivity index (χ1v) is 6.95. The molecule has 0 saturated heterocycles. The van der Waals surface area contributed by atoms with Crippen LogP contribution in [0.25, 0.3) is 0 Å². The number of hydrogen-bond acceptors (Lipinski definition) is 5. The van der Waals surface area contributed by atoms with E-state index in [1.165, 1.54) is 23.5 Å². The van der Waals surface area contributed by atoms with Crippen LogP contribution in [0, 0.1) is 11.8 Å². The van der Waals surface area contributed by atoms with Crippen LogP contribution in [0.5, 0.6) is 11.5 Å².